The number of carboxylic acid groups (broad SMARTS) is 1. The summed E-state index contributed by atoms with van der Waals surface area (Å²) in [5.74, 6) is 5.07. The molecule has 32 heavy (non-hydrogen) atoms. The van der Waals surface area contributed by atoms with E-state index >= 15 is 0 Å². The topological polar surface area (TPSA) is 82.5 Å². The second kappa shape index (κ2) is 9.11. The minimum Gasteiger partial charge on any atom is -0.481 e. The highest BCUT2D eigenvalue weighted by molar-refractivity contribution is 7.18. The Morgan fingerprint density at radius 1 is 1.19 bits per heavy atom. The van der Waals surface area contributed by atoms with Gasteiger partial charge < -0.3 is 10.4 Å². The molecule has 0 saturated carbocycles. The molecule has 1 aliphatic carbocycles. The predicted molar refractivity (Wildman–Crippen MR) is 125 cm³/mol. The normalized spacial score (nSPS) is 14.1. The van der Waals surface area contributed by atoms with Crippen LogP contribution >= 0.6 is 11.3 Å². The molecular formula is C25H25N3O3S. The lowest BCUT2D eigenvalue weighted by molar-refractivity contribution is -0.145. The van der Waals surface area contributed by atoms with Gasteiger partial charge in [0.15, 0.2) is 0 Å². The van der Waals surface area contributed by atoms with Gasteiger partial charge in [0.2, 0.25) is 5.91 Å². The third kappa shape index (κ3) is 4.82. The number of rotatable bonds is 6. The van der Waals surface area contributed by atoms with Crippen LogP contribution in [0.3, 0.4) is 0 Å². The summed E-state index contributed by atoms with van der Waals surface area (Å²) in [5, 5.41) is 13.2. The Hall–Kier alpha value is -3.21. The number of nitrogens with zero attached hydrogens (tertiary/aromatic N) is 2. The van der Waals surface area contributed by atoms with Gasteiger partial charge >= 0.3 is 5.97 Å². The Balaban J connectivity index is 1.47. The minimum absolute atomic E-state index is 0.192. The van der Waals surface area contributed by atoms with Gasteiger partial charge in [-0.2, -0.15) is 0 Å². The maximum atomic E-state index is 13.2. The van der Waals surface area contributed by atoms with Crippen LogP contribution in [-0.2, 0) is 29.0 Å². The smallest absolute Gasteiger partial charge is 0.304 e. The number of aromatic nitrogens is 1. The highest BCUT2D eigenvalue weighted by Gasteiger charge is 2.45. The fraction of sp³-hybridized carbons (Fsp3) is 0.320. The molecule has 164 valence electrons. The average molecular weight is 448 g/mol. The predicted octanol–water partition coefficient (Wildman–Crippen LogP) is 3.09. The van der Waals surface area contributed by atoms with E-state index < -0.39 is 11.4 Å². The van der Waals surface area contributed by atoms with Gasteiger partial charge in [-0.25, -0.2) is 4.98 Å². The van der Waals surface area contributed by atoms with Crippen LogP contribution in [-0.4, -0.2) is 47.5 Å². The molecule has 1 amide bonds. The van der Waals surface area contributed by atoms with Crippen molar-refractivity contribution in [2.24, 2.45) is 5.41 Å². The van der Waals surface area contributed by atoms with Crippen LogP contribution < -0.4 is 5.32 Å². The van der Waals surface area contributed by atoms with E-state index in [1.807, 2.05) is 61.5 Å². The van der Waals surface area contributed by atoms with E-state index in [4.69, 9.17) is 0 Å². The largest absolute Gasteiger partial charge is 0.481 e. The summed E-state index contributed by atoms with van der Waals surface area (Å²) in [6, 6.07) is 13.7. The number of carbonyl (C=O) groups excluding carboxylic acids is 1. The Morgan fingerprint density at radius 3 is 2.56 bits per heavy atom. The van der Waals surface area contributed by atoms with Gasteiger partial charge in [-0.3, -0.25) is 14.5 Å². The second-order valence-electron chi connectivity index (χ2n) is 8.49. The van der Waals surface area contributed by atoms with Crippen molar-refractivity contribution in [3.05, 3.63) is 64.2 Å². The van der Waals surface area contributed by atoms with Crippen molar-refractivity contribution < 1.29 is 14.7 Å². The zero-order chi connectivity index (χ0) is 22.7. The molecule has 3 aromatic rings. The highest BCUT2D eigenvalue weighted by atomic mass is 32.1. The summed E-state index contributed by atoms with van der Waals surface area (Å²) in [6.07, 6.45) is 0.689. The van der Waals surface area contributed by atoms with Crippen LogP contribution in [0.25, 0.3) is 10.2 Å². The molecule has 0 atom stereocenters. The number of aliphatic carboxylic acids is 1. The molecule has 6 nitrogen and oxygen atoms in total. The Morgan fingerprint density at radius 2 is 1.91 bits per heavy atom. The number of nitrogens with one attached hydrogen (secondary N) is 1. The first-order valence-corrected chi connectivity index (χ1v) is 11.3. The van der Waals surface area contributed by atoms with Gasteiger partial charge in [0, 0.05) is 5.56 Å². The summed E-state index contributed by atoms with van der Waals surface area (Å²) >= 11 is 1.52. The van der Waals surface area contributed by atoms with Crippen molar-refractivity contribution in [3.63, 3.8) is 0 Å². The van der Waals surface area contributed by atoms with Crippen LogP contribution in [0.1, 0.15) is 28.1 Å². The van der Waals surface area contributed by atoms with Crippen LogP contribution in [0.2, 0.25) is 0 Å². The summed E-state index contributed by atoms with van der Waals surface area (Å²) in [5.41, 5.74) is 2.90. The zero-order valence-electron chi connectivity index (χ0n) is 18.1. The van der Waals surface area contributed by atoms with Gasteiger partial charge in [0.1, 0.15) is 5.01 Å². The van der Waals surface area contributed by atoms with Crippen molar-refractivity contribution in [2.45, 2.75) is 25.8 Å². The third-order valence-corrected chi connectivity index (χ3v) is 6.64. The van der Waals surface area contributed by atoms with Gasteiger partial charge in [-0.15, -0.1) is 11.3 Å². The van der Waals surface area contributed by atoms with E-state index in [0.717, 1.165) is 31.9 Å². The van der Waals surface area contributed by atoms with Crippen molar-refractivity contribution in [2.75, 3.05) is 20.6 Å². The summed E-state index contributed by atoms with van der Waals surface area (Å²) in [7, 11) is 3.95. The molecule has 0 bridgehead atoms. The van der Waals surface area contributed by atoms with E-state index in [1.165, 1.54) is 11.3 Å². The summed E-state index contributed by atoms with van der Waals surface area (Å²) in [6.45, 7) is 0.964. The lowest BCUT2D eigenvalue weighted by Gasteiger charge is -2.25. The molecule has 0 radical (unpaired) electrons. The Labute approximate surface area is 191 Å². The molecule has 1 aliphatic rings. The molecular weight excluding hydrogens is 422 g/mol. The first-order chi connectivity index (χ1) is 15.3. The number of amides is 1. The third-order valence-electron chi connectivity index (χ3n) is 5.61. The number of fused-ring (bicyclic) bond motifs is 2. The van der Waals surface area contributed by atoms with E-state index in [-0.39, 0.29) is 18.9 Å². The van der Waals surface area contributed by atoms with Crippen molar-refractivity contribution in [1.82, 2.24) is 15.2 Å². The molecule has 0 aliphatic heterocycles. The molecule has 0 saturated heterocycles. The first-order valence-electron chi connectivity index (χ1n) is 10.4. The average Bonchev–Trinajstić information content (AvgIpc) is 3.31. The van der Waals surface area contributed by atoms with E-state index in [2.05, 4.69) is 22.1 Å². The van der Waals surface area contributed by atoms with Gasteiger partial charge in [-0.05, 0) is 56.3 Å². The number of carbonyl (C=O) groups is 2. The maximum absolute atomic E-state index is 13.2. The number of thiazole rings is 1. The molecule has 0 spiro atoms. The van der Waals surface area contributed by atoms with Crippen LogP contribution in [0.15, 0.2) is 42.5 Å². The lowest BCUT2D eigenvalue weighted by atomic mass is 9.80. The van der Waals surface area contributed by atoms with E-state index in [0.29, 0.717) is 19.4 Å². The van der Waals surface area contributed by atoms with Gasteiger partial charge in [0.05, 0.1) is 35.1 Å². The summed E-state index contributed by atoms with van der Waals surface area (Å²) in [4.78, 5) is 31.4. The zero-order valence-corrected chi connectivity index (χ0v) is 19.0. The number of carboxylic acids is 1. The summed E-state index contributed by atoms with van der Waals surface area (Å²) < 4.78 is 1.03. The second-order valence-corrected chi connectivity index (χ2v) is 9.60. The molecule has 0 fully saturated rings. The van der Waals surface area contributed by atoms with Gasteiger partial charge in [-0.1, -0.05) is 36.1 Å². The fourth-order valence-corrected chi connectivity index (χ4v) is 5.01. The van der Waals surface area contributed by atoms with Crippen LogP contribution in [0.4, 0.5) is 0 Å². The quantitative estimate of drug-likeness (QED) is 0.568. The number of hydrogen-bond acceptors (Lipinski definition) is 5. The van der Waals surface area contributed by atoms with Crippen LogP contribution in [0, 0.1) is 17.3 Å². The molecule has 2 aromatic carbocycles. The highest BCUT2D eigenvalue weighted by Crippen LogP contribution is 2.40. The number of hydrogen-bond donors (Lipinski definition) is 2. The Bertz CT molecular complexity index is 1210. The SMILES string of the molecule is CN(C)CC#Cc1ccc2sc(CNC(=O)C3(CC(=O)O)Cc4ccccc4C3)nc2c1. The molecule has 4 rings (SSSR count). The fourth-order valence-electron chi connectivity index (χ4n) is 4.12. The minimum atomic E-state index is -0.962. The van der Waals surface area contributed by atoms with Crippen molar-refractivity contribution >= 4 is 33.4 Å². The molecule has 2 N–H and O–H groups in total. The molecule has 1 aromatic heterocycles. The van der Waals surface area contributed by atoms with Gasteiger partial charge in [0.25, 0.3) is 0 Å². The number of benzene rings is 2. The maximum Gasteiger partial charge on any atom is 0.304 e. The van der Waals surface area contributed by atoms with E-state index in [1.54, 1.807) is 0 Å². The monoisotopic (exact) mass is 447 g/mol. The first kappa shape index (κ1) is 22.0. The molecule has 7 heteroatoms. The molecule has 1 heterocycles. The van der Waals surface area contributed by atoms with Crippen molar-refractivity contribution in [1.29, 1.82) is 0 Å². The molecule has 0 unspecified atom stereocenters. The van der Waals surface area contributed by atoms with E-state index in [9.17, 15) is 14.7 Å². The standard InChI is InChI=1S/C25H25N3O3S/c1-28(2)11-5-6-17-9-10-21-20(12-17)27-22(32-21)16-26-24(31)25(15-23(29)30)13-18-7-3-4-8-19(18)14-25/h3-4,7-10,12H,11,13-16H2,1-2H3,(H,26,31)(H,29,30). The van der Waals surface area contributed by atoms with Crippen LogP contribution in [0.5, 0.6) is 0 Å². The Kier molecular flexibility index (Phi) is 6.26. The lowest BCUT2D eigenvalue weighted by Crippen LogP contribution is -2.43. The van der Waals surface area contributed by atoms with Crippen molar-refractivity contribution in [3.8, 4) is 11.8 Å².